The van der Waals surface area contributed by atoms with Crippen molar-refractivity contribution >= 4 is 17.8 Å². The van der Waals surface area contributed by atoms with Gasteiger partial charge in [0, 0.05) is 25.7 Å². The number of carbonyl (C=O) groups is 3. The summed E-state index contributed by atoms with van der Waals surface area (Å²) in [6.45, 7) is 2.98. The third-order valence-electron chi connectivity index (χ3n) is 7.92. The molecule has 0 bridgehead atoms. The second kappa shape index (κ2) is 8.85. The van der Waals surface area contributed by atoms with Gasteiger partial charge in [0.05, 0.1) is 0 Å². The number of fused-ring (bicyclic) bond motifs is 2. The molecule has 2 heterocycles. The molecule has 0 radical (unpaired) electrons. The molecule has 4 amide bonds. The van der Waals surface area contributed by atoms with Crippen molar-refractivity contribution in [2.24, 2.45) is 5.92 Å². The molecule has 1 spiro atoms. The number of aryl methyl sites for hydroxylation is 1. The predicted molar refractivity (Wildman–Crippen MR) is 121 cm³/mol. The van der Waals surface area contributed by atoms with Crippen molar-refractivity contribution in [1.29, 1.82) is 0 Å². The van der Waals surface area contributed by atoms with E-state index in [0.717, 1.165) is 54.3 Å². The second-order valence-electron chi connectivity index (χ2n) is 10.0. The van der Waals surface area contributed by atoms with Gasteiger partial charge in [0.25, 0.3) is 5.91 Å². The number of carbonyl (C=O) groups excluding carboxylic acids is 3. The second-order valence-corrected chi connectivity index (χ2v) is 10.0. The Bertz CT molecular complexity index is 889. The Labute approximate surface area is 189 Å². The topological polar surface area (TPSA) is 81.8 Å². The van der Waals surface area contributed by atoms with Crippen LogP contribution in [-0.4, -0.2) is 59.9 Å². The fraction of sp³-hybridized carbons (Fsp3) is 0.640. The third kappa shape index (κ3) is 4.03. The lowest BCUT2D eigenvalue weighted by atomic mass is 9.88. The normalized spacial score (nSPS) is 27.1. The first-order valence-corrected chi connectivity index (χ1v) is 12.3. The molecular formula is C25H34N4O3. The molecule has 172 valence electrons. The molecule has 1 saturated carbocycles. The van der Waals surface area contributed by atoms with E-state index >= 15 is 0 Å². The van der Waals surface area contributed by atoms with Gasteiger partial charge in [-0.25, -0.2) is 4.79 Å². The van der Waals surface area contributed by atoms with Crippen LogP contribution in [-0.2, 0) is 21.5 Å². The summed E-state index contributed by atoms with van der Waals surface area (Å²) >= 11 is 0. The van der Waals surface area contributed by atoms with E-state index in [1.165, 1.54) is 38.6 Å². The van der Waals surface area contributed by atoms with E-state index in [1.807, 2.05) is 24.3 Å². The maximum Gasteiger partial charge on any atom is 0.325 e. The molecule has 7 nitrogen and oxygen atoms in total. The van der Waals surface area contributed by atoms with Gasteiger partial charge in [-0.2, -0.15) is 0 Å². The molecule has 2 saturated heterocycles. The van der Waals surface area contributed by atoms with Crippen LogP contribution in [0.1, 0.15) is 62.5 Å². The van der Waals surface area contributed by atoms with Crippen LogP contribution >= 0.6 is 0 Å². The number of hydrogen-bond donors (Lipinski definition) is 2. The van der Waals surface area contributed by atoms with Crippen LogP contribution in [0.15, 0.2) is 24.3 Å². The standard InChI is InChI=1S/C25H34N4O3/c30-22(26-20-11-14-28(15-12-20)16-18-6-2-1-3-7-18)17-29-23(31)25(27-24(29)32)13-10-19-8-4-5-9-21(19)25/h4-5,8-9,18,20H,1-3,6-7,10-17H2,(H,26,30)(H,27,32). The summed E-state index contributed by atoms with van der Waals surface area (Å²) in [6.07, 6.45) is 9.99. The summed E-state index contributed by atoms with van der Waals surface area (Å²) in [5, 5.41) is 5.96. The molecule has 2 aliphatic heterocycles. The Kier molecular flexibility index (Phi) is 5.93. The van der Waals surface area contributed by atoms with Crippen molar-refractivity contribution in [1.82, 2.24) is 20.4 Å². The minimum Gasteiger partial charge on any atom is -0.352 e. The number of piperidine rings is 1. The minimum absolute atomic E-state index is 0.118. The Morgan fingerprint density at radius 2 is 1.81 bits per heavy atom. The van der Waals surface area contributed by atoms with Crippen molar-refractivity contribution in [2.75, 3.05) is 26.2 Å². The highest BCUT2D eigenvalue weighted by Crippen LogP contribution is 2.41. The van der Waals surface area contributed by atoms with E-state index in [1.54, 1.807) is 0 Å². The number of nitrogens with zero attached hydrogens (tertiary/aromatic N) is 2. The lowest BCUT2D eigenvalue weighted by Crippen LogP contribution is -2.49. The van der Waals surface area contributed by atoms with Crippen LogP contribution in [0.3, 0.4) is 0 Å². The van der Waals surface area contributed by atoms with Crippen LogP contribution in [0.4, 0.5) is 4.79 Å². The molecular weight excluding hydrogens is 404 g/mol. The van der Waals surface area contributed by atoms with Crippen LogP contribution in [0.5, 0.6) is 0 Å². The molecule has 2 aliphatic carbocycles. The maximum atomic E-state index is 13.2. The fourth-order valence-electron chi connectivity index (χ4n) is 6.14. The molecule has 32 heavy (non-hydrogen) atoms. The van der Waals surface area contributed by atoms with Crippen molar-refractivity contribution in [3.8, 4) is 0 Å². The number of rotatable bonds is 5. The quantitative estimate of drug-likeness (QED) is 0.693. The van der Waals surface area contributed by atoms with Gasteiger partial charge in [-0.1, -0.05) is 43.5 Å². The molecule has 1 aromatic rings. The number of amides is 4. The fourth-order valence-corrected chi connectivity index (χ4v) is 6.14. The first-order valence-electron chi connectivity index (χ1n) is 12.3. The summed E-state index contributed by atoms with van der Waals surface area (Å²) in [5.74, 6) is 0.287. The van der Waals surface area contributed by atoms with Gasteiger partial charge in [-0.05, 0) is 55.6 Å². The van der Waals surface area contributed by atoms with Gasteiger partial charge in [-0.15, -0.1) is 0 Å². The van der Waals surface area contributed by atoms with E-state index in [-0.39, 0.29) is 24.4 Å². The molecule has 1 aromatic carbocycles. The first-order chi connectivity index (χ1) is 15.5. The van der Waals surface area contributed by atoms with Gasteiger partial charge in [-0.3, -0.25) is 14.5 Å². The highest BCUT2D eigenvalue weighted by molar-refractivity contribution is 6.09. The molecule has 0 aromatic heterocycles. The molecule has 3 fully saturated rings. The predicted octanol–water partition coefficient (Wildman–Crippen LogP) is 2.54. The summed E-state index contributed by atoms with van der Waals surface area (Å²) in [7, 11) is 0. The minimum atomic E-state index is -1.00. The molecule has 1 atom stereocenters. The highest BCUT2D eigenvalue weighted by Gasteiger charge is 2.55. The molecule has 7 heteroatoms. The van der Waals surface area contributed by atoms with Gasteiger partial charge in [0.1, 0.15) is 12.1 Å². The van der Waals surface area contributed by atoms with E-state index < -0.39 is 11.6 Å². The Morgan fingerprint density at radius 1 is 1.06 bits per heavy atom. The highest BCUT2D eigenvalue weighted by atomic mass is 16.2. The lowest BCUT2D eigenvalue weighted by molar-refractivity contribution is -0.135. The Morgan fingerprint density at radius 3 is 2.59 bits per heavy atom. The van der Waals surface area contributed by atoms with Crippen molar-refractivity contribution < 1.29 is 14.4 Å². The van der Waals surface area contributed by atoms with Crippen molar-refractivity contribution in [2.45, 2.75) is 69.4 Å². The molecule has 1 unspecified atom stereocenters. The SMILES string of the molecule is O=C(CN1C(=O)NC2(CCc3ccccc32)C1=O)NC1CCN(CC2CCCCC2)CC1. The lowest BCUT2D eigenvalue weighted by Gasteiger charge is -2.35. The zero-order valence-corrected chi connectivity index (χ0v) is 18.8. The summed E-state index contributed by atoms with van der Waals surface area (Å²) in [5.41, 5.74) is 0.956. The van der Waals surface area contributed by atoms with Crippen LogP contribution < -0.4 is 10.6 Å². The average Bonchev–Trinajstić information content (AvgIpc) is 3.29. The number of hydrogen-bond acceptors (Lipinski definition) is 4. The van der Waals surface area contributed by atoms with Crippen molar-refractivity contribution in [3.63, 3.8) is 0 Å². The largest absolute Gasteiger partial charge is 0.352 e. The van der Waals surface area contributed by atoms with Gasteiger partial charge in [0.2, 0.25) is 5.91 Å². The number of likely N-dealkylation sites (tertiary alicyclic amines) is 1. The van der Waals surface area contributed by atoms with E-state index in [9.17, 15) is 14.4 Å². The number of nitrogens with one attached hydrogen (secondary N) is 2. The number of imide groups is 1. The van der Waals surface area contributed by atoms with Crippen molar-refractivity contribution in [3.05, 3.63) is 35.4 Å². The summed E-state index contributed by atoms with van der Waals surface area (Å²) in [6, 6.07) is 7.40. The summed E-state index contributed by atoms with van der Waals surface area (Å²) < 4.78 is 0. The van der Waals surface area contributed by atoms with Crippen LogP contribution in [0.2, 0.25) is 0 Å². The van der Waals surface area contributed by atoms with E-state index in [0.29, 0.717) is 6.42 Å². The van der Waals surface area contributed by atoms with E-state index in [4.69, 9.17) is 0 Å². The Balaban J connectivity index is 1.13. The number of urea groups is 1. The number of benzene rings is 1. The summed E-state index contributed by atoms with van der Waals surface area (Å²) in [4.78, 5) is 42.2. The first kappa shape index (κ1) is 21.4. The smallest absolute Gasteiger partial charge is 0.325 e. The maximum absolute atomic E-state index is 13.2. The zero-order chi connectivity index (χ0) is 22.1. The van der Waals surface area contributed by atoms with Gasteiger partial charge in [0.15, 0.2) is 0 Å². The van der Waals surface area contributed by atoms with E-state index in [2.05, 4.69) is 15.5 Å². The molecule has 5 rings (SSSR count). The van der Waals surface area contributed by atoms with Crippen LogP contribution in [0.25, 0.3) is 0 Å². The zero-order valence-electron chi connectivity index (χ0n) is 18.8. The monoisotopic (exact) mass is 438 g/mol. The third-order valence-corrected chi connectivity index (χ3v) is 7.92. The molecule has 2 N–H and O–H groups in total. The average molecular weight is 439 g/mol. The van der Waals surface area contributed by atoms with Gasteiger partial charge < -0.3 is 15.5 Å². The Hall–Kier alpha value is -2.41. The van der Waals surface area contributed by atoms with Crippen LogP contribution in [0, 0.1) is 5.92 Å². The molecule has 4 aliphatic rings. The van der Waals surface area contributed by atoms with Gasteiger partial charge >= 0.3 is 6.03 Å².